The number of likely N-dealkylation sites (tertiary alicyclic amines) is 1. The van der Waals surface area contributed by atoms with Crippen LogP contribution in [0.1, 0.15) is 33.6 Å². The van der Waals surface area contributed by atoms with E-state index in [0.717, 1.165) is 6.54 Å². The first-order valence-corrected chi connectivity index (χ1v) is 7.17. The minimum absolute atomic E-state index is 0.0739. The van der Waals surface area contributed by atoms with Crippen LogP contribution in [0.25, 0.3) is 0 Å². The number of amides is 1. The lowest BCUT2D eigenvalue weighted by Gasteiger charge is -2.31. The van der Waals surface area contributed by atoms with Crippen LogP contribution in [0, 0.1) is 11.8 Å². The van der Waals surface area contributed by atoms with Gasteiger partial charge in [0, 0.05) is 24.4 Å². The monoisotopic (exact) mass is 260 g/mol. The van der Waals surface area contributed by atoms with Gasteiger partial charge < -0.3 is 5.32 Å². The predicted molar refractivity (Wildman–Crippen MR) is 72.3 cm³/mol. The molecule has 100 valence electrons. The molecule has 0 spiro atoms. The maximum atomic E-state index is 11.7. The maximum absolute atomic E-state index is 11.7. The molecule has 1 saturated heterocycles. The van der Waals surface area contributed by atoms with Crippen molar-refractivity contribution in [1.82, 2.24) is 10.2 Å². The molecule has 0 radical (unpaired) electrons. The topological polar surface area (TPSA) is 32.3 Å². The predicted octanol–water partition coefficient (Wildman–Crippen LogP) is 2.10. The summed E-state index contributed by atoms with van der Waals surface area (Å²) < 4.78 is 0. The lowest BCUT2D eigenvalue weighted by molar-refractivity contribution is -0.124. The Labute approximate surface area is 110 Å². The van der Waals surface area contributed by atoms with E-state index in [0.29, 0.717) is 17.8 Å². The minimum atomic E-state index is -0.0944. The van der Waals surface area contributed by atoms with Crippen LogP contribution < -0.4 is 5.32 Å². The van der Waals surface area contributed by atoms with Crippen LogP contribution in [0.2, 0.25) is 0 Å². The first-order valence-electron chi connectivity index (χ1n) is 6.64. The SMILES string of the molecule is CC(CCl)C(=O)NCC(C(C)C)N1CCCC1. The van der Waals surface area contributed by atoms with E-state index in [-0.39, 0.29) is 11.8 Å². The molecule has 3 nitrogen and oxygen atoms in total. The molecule has 2 atom stereocenters. The van der Waals surface area contributed by atoms with E-state index >= 15 is 0 Å². The van der Waals surface area contributed by atoms with E-state index in [1.54, 1.807) is 0 Å². The Morgan fingerprint density at radius 3 is 2.35 bits per heavy atom. The lowest BCUT2D eigenvalue weighted by atomic mass is 10.0. The summed E-state index contributed by atoms with van der Waals surface area (Å²) in [5.41, 5.74) is 0. The van der Waals surface area contributed by atoms with Crippen LogP contribution in [-0.4, -0.2) is 42.4 Å². The van der Waals surface area contributed by atoms with E-state index in [2.05, 4.69) is 24.1 Å². The molecule has 2 unspecified atom stereocenters. The van der Waals surface area contributed by atoms with Crippen molar-refractivity contribution in [1.29, 1.82) is 0 Å². The molecule has 0 aromatic rings. The van der Waals surface area contributed by atoms with Crippen LogP contribution in [0.15, 0.2) is 0 Å². The summed E-state index contributed by atoms with van der Waals surface area (Å²) in [5.74, 6) is 0.939. The fourth-order valence-corrected chi connectivity index (χ4v) is 2.45. The van der Waals surface area contributed by atoms with Gasteiger partial charge in [-0.3, -0.25) is 9.69 Å². The quantitative estimate of drug-likeness (QED) is 0.742. The van der Waals surface area contributed by atoms with Crippen molar-refractivity contribution in [3.05, 3.63) is 0 Å². The second-order valence-corrected chi connectivity index (χ2v) is 5.66. The molecular weight excluding hydrogens is 236 g/mol. The average molecular weight is 261 g/mol. The molecule has 0 saturated carbocycles. The highest BCUT2D eigenvalue weighted by Crippen LogP contribution is 2.17. The van der Waals surface area contributed by atoms with Crippen molar-refractivity contribution in [2.75, 3.05) is 25.5 Å². The van der Waals surface area contributed by atoms with Gasteiger partial charge in [-0.2, -0.15) is 0 Å². The number of alkyl halides is 1. The molecule has 0 aromatic carbocycles. The number of halogens is 1. The number of hydrogen-bond donors (Lipinski definition) is 1. The molecule has 1 aliphatic rings. The van der Waals surface area contributed by atoms with Crippen molar-refractivity contribution < 1.29 is 4.79 Å². The summed E-state index contributed by atoms with van der Waals surface area (Å²) in [4.78, 5) is 14.2. The van der Waals surface area contributed by atoms with Gasteiger partial charge in [0.15, 0.2) is 0 Å². The molecule has 1 heterocycles. The van der Waals surface area contributed by atoms with Crippen molar-refractivity contribution >= 4 is 17.5 Å². The fraction of sp³-hybridized carbons (Fsp3) is 0.923. The molecule has 1 rings (SSSR count). The lowest BCUT2D eigenvalue weighted by Crippen LogP contribution is -2.46. The summed E-state index contributed by atoms with van der Waals surface area (Å²) in [6, 6.07) is 0.462. The number of carbonyl (C=O) groups excluding carboxylic acids is 1. The molecule has 17 heavy (non-hydrogen) atoms. The standard InChI is InChI=1S/C13H25ClN2O/c1-10(2)12(16-6-4-5-7-16)9-15-13(17)11(3)8-14/h10-12H,4-9H2,1-3H3,(H,15,17). The largest absolute Gasteiger partial charge is 0.354 e. The molecule has 1 N–H and O–H groups in total. The van der Waals surface area contributed by atoms with Crippen LogP contribution in [-0.2, 0) is 4.79 Å². The smallest absolute Gasteiger partial charge is 0.224 e. The summed E-state index contributed by atoms with van der Waals surface area (Å²) in [6.45, 7) is 9.40. The summed E-state index contributed by atoms with van der Waals surface area (Å²) in [5, 5.41) is 3.03. The zero-order valence-electron chi connectivity index (χ0n) is 11.2. The first-order chi connectivity index (χ1) is 8.06. The second-order valence-electron chi connectivity index (χ2n) is 5.35. The van der Waals surface area contributed by atoms with Gasteiger partial charge >= 0.3 is 0 Å². The zero-order valence-corrected chi connectivity index (χ0v) is 12.0. The van der Waals surface area contributed by atoms with Crippen molar-refractivity contribution in [2.24, 2.45) is 11.8 Å². The Kier molecular flexibility index (Phi) is 6.28. The third-order valence-electron chi connectivity index (χ3n) is 3.54. The molecule has 1 fully saturated rings. The van der Waals surface area contributed by atoms with E-state index in [9.17, 15) is 4.79 Å². The Morgan fingerprint density at radius 2 is 1.88 bits per heavy atom. The number of carbonyl (C=O) groups is 1. The number of nitrogens with one attached hydrogen (secondary N) is 1. The van der Waals surface area contributed by atoms with Gasteiger partial charge in [-0.1, -0.05) is 20.8 Å². The molecule has 1 aliphatic heterocycles. The normalized spacial score (nSPS) is 20.5. The van der Waals surface area contributed by atoms with Gasteiger partial charge in [0.05, 0.1) is 0 Å². The molecule has 0 aromatic heterocycles. The first kappa shape index (κ1) is 14.8. The number of nitrogens with zero attached hydrogens (tertiary/aromatic N) is 1. The Morgan fingerprint density at radius 1 is 1.29 bits per heavy atom. The maximum Gasteiger partial charge on any atom is 0.224 e. The van der Waals surface area contributed by atoms with Crippen LogP contribution in [0.3, 0.4) is 0 Å². The van der Waals surface area contributed by atoms with Crippen molar-refractivity contribution in [3.8, 4) is 0 Å². The Hall–Kier alpha value is -0.280. The third kappa shape index (κ3) is 4.47. The molecule has 1 amide bonds. The van der Waals surface area contributed by atoms with E-state index in [4.69, 9.17) is 11.6 Å². The van der Waals surface area contributed by atoms with Gasteiger partial charge in [-0.05, 0) is 31.8 Å². The Balaban J connectivity index is 2.41. The second kappa shape index (κ2) is 7.22. The average Bonchev–Trinajstić information content (AvgIpc) is 2.81. The van der Waals surface area contributed by atoms with Gasteiger partial charge in [-0.15, -0.1) is 11.6 Å². The highest BCUT2D eigenvalue weighted by molar-refractivity contribution is 6.19. The number of rotatable bonds is 6. The summed E-state index contributed by atoms with van der Waals surface area (Å²) in [7, 11) is 0. The molecule has 0 aliphatic carbocycles. The number of hydrogen-bond acceptors (Lipinski definition) is 2. The summed E-state index contributed by atoms with van der Waals surface area (Å²) >= 11 is 5.68. The zero-order chi connectivity index (χ0) is 12.8. The van der Waals surface area contributed by atoms with Crippen LogP contribution >= 0.6 is 11.6 Å². The van der Waals surface area contributed by atoms with Crippen molar-refractivity contribution in [2.45, 2.75) is 39.7 Å². The fourth-order valence-electron chi connectivity index (χ4n) is 2.31. The van der Waals surface area contributed by atoms with E-state index in [1.807, 2.05) is 6.92 Å². The third-order valence-corrected chi connectivity index (χ3v) is 4.01. The van der Waals surface area contributed by atoms with Crippen LogP contribution in [0.5, 0.6) is 0 Å². The van der Waals surface area contributed by atoms with E-state index in [1.165, 1.54) is 25.9 Å². The molecule has 4 heteroatoms. The molecule has 0 bridgehead atoms. The molecular formula is C13H25ClN2O. The highest BCUT2D eigenvalue weighted by Gasteiger charge is 2.25. The van der Waals surface area contributed by atoms with Crippen molar-refractivity contribution in [3.63, 3.8) is 0 Å². The summed E-state index contributed by atoms with van der Waals surface area (Å²) in [6.07, 6.45) is 2.57. The van der Waals surface area contributed by atoms with E-state index < -0.39 is 0 Å². The minimum Gasteiger partial charge on any atom is -0.354 e. The van der Waals surface area contributed by atoms with Gasteiger partial charge in [0.25, 0.3) is 0 Å². The van der Waals surface area contributed by atoms with Crippen LogP contribution in [0.4, 0.5) is 0 Å². The van der Waals surface area contributed by atoms with Gasteiger partial charge in [-0.25, -0.2) is 0 Å². The van der Waals surface area contributed by atoms with Gasteiger partial charge in [0.2, 0.25) is 5.91 Å². The highest BCUT2D eigenvalue weighted by atomic mass is 35.5. The van der Waals surface area contributed by atoms with Gasteiger partial charge in [0.1, 0.15) is 0 Å². The Bertz CT molecular complexity index is 240.